The van der Waals surface area contributed by atoms with Crippen LogP contribution in [0.4, 0.5) is 5.69 Å². The number of hydrogen-bond donors (Lipinski definition) is 2. The van der Waals surface area contributed by atoms with Gasteiger partial charge >= 0.3 is 5.97 Å². The Morgan fingerprint density at radius 2 is 1.85 bits per heavy atom. The highest BCUT2D eigenvalue weighted by atomic mass is 16.4. The molecular formula is C20H20N2O4. The van der Waals surface area contributed by atoms with E-state index in [0.29, 0.717) is 17.7 Å². The van der Waals surface area contributed by atoms with Crippen molar-refractivity contribution in [3.05, 3.63) is 65.2 Å². The van der Waals surface area contributed by atoms with Gasteiger partial charge in [0.1, 0.15) is 6.04 Å². The molecule has 6 nitrogen and oxygen atoms in total. The largest absolute Gasteiger partial charge is 0.480 e. The van der Waals surface area contributed by atoms with Crippen LogP contribution < -0.4 is 5.32 Å². The highest BCUT2D eigenvalue weighted by Crippen LogP contribution is 2.26. The van der Waals surface area contributed by atoms with Gasteiger partial charge in [-0.1, -0.05) is 37.3 Å². The van der Waals surface area contributed by atoms with Gasteiger partial charge in [0.25, 0.3) is 5.91 Å². The van der Waals surface area contributed by atoms with E-state index in [1.165, 1.54) is 4.90 Å². The number of carbonyl (C=O) groups excluding carboxylic acids is 2. The summed E-state index contributed by atoms with van der Waals surface area (Å²) in [7, 11) is 0. The van der Waals surface area contributed by atoms with E-state index in [0.717, 1.165) is 11.1 Å². The van der Waals surface area contributed by atoms with Gasteiger partial charge in [-0.2, -0.15) is 0 Å². The second-order valence-corrected chi connectivity index (χ2v) is 6.24. The Morgan fingerprint density at radius 3 is 2.54 bits per heavy atom. The van der Waals surface area contributed by atoms with Crippen LogP contribution in [0, 0.1) is 0 Å². The molecule has 6 heteroatoms. The third kappa shape index (κ3) is 3.59. The van der Waals surface area contributed by atoms with Crippen LogP contribution in [0.15, 0.2) is 48.5 Å². The lowest BCUT2D eigenvalue weighted by molar-refractivity contribution is -0.142. The Labute approximate surface area is 151 Å². The Morgan fingerprint density at radius 1 is 1.12 bits per heavy atom. The molecule has 0 saturated carbocycles. The predicted octanol–water partition coefficient (Wildman–Crippen LogP) is 2.69. The molecule has 0 saturated heterocycles. The molecule has 2 aromatic rings. The van der Waals surface area contributed by atoms with Gasteiger partial charge in [-0.05, 0) is 29.3 Å². The predicted molar refractivity (Wildman–Crippen MR) is 96.8 cm³/mol. The molecule has 0 aromatic heterocycles. The number of rotatable bonds is 4. The summed E-state index contributed by atoms with van der Waals surface area (Å²) in [6.07, 6.45) is 0.617. The van der Waals surface area contributed by atoms with Gasteiger partial charge in [-0.25, -0.2) is 4.79 Å². The SMILES string of the molecule is CCC(=O)Nc1cccc(C(=O)N2Cc3ccccc3CC2C(=O)O)c1. The maximum absolute atomic E-state index is 13.0. The molecule has 0 fully saturated rings. The number of nitrogens with zero attached hydrogens (tertiary/aromatic N) is 1. The molecule has 1 aliphatic rings. The van der Waals surface area contributed by atoms with E-state index in [1.54, 1.807) is 31.2 Å². The summed E-state index contributed by atoms with van der Waals surface area (Å²) in [5, 5.41) is 12.3. The fraction of sp³-hybridized carbons (Fsp3) is 0.250. The van der Waals surface area contributed by atoms with Gasteiger partial charge in [0.15, 0.2) is 0 Å². The van der Waals surface area contributed by atoms with Gasteiger partial charge < -0.3 is 15.3 Å². The second kappa shape index (κ2) is 7.39. The van der Waals surface area contributed by atoms with Crippen molar-refractivity contribution in [1.82, 2.24) is 4.90 Å². The monoisotopic (exact) mass is 352 g/mol. The van der Waals surface area contributed by atoms with Crippen molar-refractivity contribution >= 4 is 23.5 Å². The number of anilines is 1. The summed E-state index contributed by atoms with van der Waals surface area (Å²) in [4.78, 5) is 37.6. The van der Waals surface area contributed by atoms with E-state index in [9.17, 15) is 19.5 Å². The average Bonchev–Trinajstić information content (AvgIpc) is 2.66. The molecule has 1 unspecified atom stereocenters. The first-order valence-electron chi connectivity index (χ1n) is 8.50. The molecular weight excluding hydrogens is 332 g/mol. The Bertz CT molecular complexity index is 862. The summed E-state index contributed by atoms with van der Waals surface area (Å²) in [5.41, 5.74) is 2.78. The summed E-state index contributed by atoms with van der Waals surface area (Å²) in [5.74, 6) is -1.53. The molecule has 1 heterocycles. The number of fused-ring (bicyclic) bond motifs is 1. The fourth-order valence-corrected chi connectivity index (χ4v) is 3.10. The standard InChI is InChI=1S/C20H20N2O4/c1-2-18(23)21-16-9-5-8-14(10-16)19(24)22-12-15-7-4-3-6-13(15)11-17(22)20(25)26/h3-10,17H,2,11-12H2,1H3,(H,21,23)(H,25,26). The lowest BCUT2D eigenvalue weighted by Crippen LogP contribution is -2.48. The first-order chi connectivity index (χ1) is 12.5. The van der Waals surface area contributed by atoms with Crippen LogP contribution in [0.5, 0.6) is 0 Å². The molecule has 1 aliphatic heterocycles. The van der Waals surface area contributed by atoms with Crippen LogP contribution in [-0.4, -0.2) is 33.8 Å². The Balaban J connectivity index is 1.89. The van der Waals surface area contributed by atoms with E-state index in [1.807, 2.05) is 24.3 Å². The molecule has 2 aromatic carbocycles. The van der Waals surface area contributed by atoms with E-state index < -0.39 is 12.0 Å². The van der Waals surface area contributed by atoms with E-state index in [2.05, 4.69) is 5.32 Å². The second-order valence-electron chi connectivity index (χ2n) is 6.24. The number of nitrogens with one attached hydrogen (secondary N) is 1. The minimum absolute atomic E-state index is 0.148. The molecule has 2 N–H and O–H groups in total. The van der Waals surface area contributed by atoms with Gasteiger partial charge in [-0.15, -0.1) is 0 Å². The first kappa shape index (κ1) is 17.7. The van der Waals surface area contributed by atoms with Crippen LogP contribution in [0.2, 0.25) is 0 Å². The lowest BCUT2D eigenvalue weighted by atomic mass is 9.93. The molecule has 1 atom stereocenters. The van der Waals surface area contributed by atoms with Crippen molar-refractivity contribution in [2.75, 3.05) is 5.32 Å². The molecule has 0 radical (unpaired) electrons. The normalized spacial score (nSPS) is 15.9. The molecule has 3 rings (SSSR count). The quantitative estimate of drug-likeness (QED) is 0.886. The van der Waals surface area contributed by atoms with Crippen molar-refractivity contribution in [2.45, 2.75) is 32.4 Å². The number of aliphatic carboxylic acids is 1. The Kier molecular flexibility index (Phi) is 5.02. The zero-order chi connectivity index (χ0) is 18.7. The third-order valence-corrected chi connectivity index (χ3v) is 4.51. The minimum Gasteiger partial charge on any atom is -0.480 e. The van der Waals surface area contributed by atoms with E-state index in [4.69, 9.17) is 0 Å². The lowest BCUT2D eigenvalue weighted by Gasteiger charge is -2.34. The van der Waals surface area contributed by atoms with Crippen molar-refractivity contribution in [3.63, 3.8) is 0 Å². The topological polar surface area (TPSA) is 86.7 Å². The summed E-state index contributed by atoms with van der Waals surface area (Å²) >= 11 is 0. The van der Waals surface area contributed by atoms with E-state index >= 15 is 0 Å². The van der Waals surface area contributed by atoms with Crippen molar-refractivity contribution in [3.8, 4) is 0 Å². The van der Waals surface area contributed by atoms with Crippen molar-refractivity contribution in [2.24, 2.45) is 0 Å². The molecule has 0 spiro atoms. The molecule has 0 bridgehead atoms. The van der Waals surface area contributed by atoms with Gasteiger partial charge in [0, 0.05) is 30.6 Å². The summed E-state index contributed by atoms with van der Waals surface area (Å²) in [6, 6.07) is 13.2. The number of benzene rings is 2. The zero-order valence-corrected chi connectivity index (χ0v) is 14.4. The highest BCUT2D eigenvalue weighted by Gasteiger charge is 2.34. The Hall–Kier alpha value is -3.15. The average molecular weight is 352 g/mol. The minimum atomic E-state index is -1.02. The smallest absolute Gasteiger partial charge is 0.326 e. The number of carbonyl (C=O) groups is 3. The van der Waals surface area contributed by atoms with Crippen molar-refractivity contribution in [1.29, 1.82) is 0 Å². The third-order valence-electron chi connectivity index (χ3n) is 4.51. The maximum Gasteiger partial charge on any atom is 0.326 e. The number of carboxylic acid groups (broad SMARTS) is 1. The van der Waals surface area contributed by atoms with Gasteiger partial charge in [0.2, 0.25) is 5.91 Å². The van der Waals surface area contributed by atoms with Crippen LogP contribution in [0.25, 0.3) is 0 Å². The molecule has 26 heavy (non-hydrogen) atoms. The zero-order valence-electron chi connectivity index (χ0n) is 14.4. The van der Waals surface area contributed by atoms with Crippen LogP contribution in [-0.2, 0) is 22.6 Å². The summed E-state index contributed by atoms with van der Waals surface area (Å²) in [6.45, 7) is 1.99. The van der Waals surface area contributed by atoms with E-state index in [-0.39, 0.29) is 24.8 Å². The molecule has 134 valence electrons. The van der Waals surface area contributed by atoms with Crippen molar-refractivity contribution < 1.29 is 19.5 Å². The van der Waals surface area contributed by atoms with Gasteiger partial charge in [0.05, 0.1) is 0 Å². The summed E-state index contributed by atoms with van der Waals surface area (Å²) < 4.78 is 0. The van der Waals surface area contributed by atoms with Crippen LogP contribution >= 0.6 is 0 Å². The van der Waals surface area contributed by atoms with Gasteiger partial charge in [-0.3, -0.25) is 9.59 Å². The maximum atomic E-state index is 13.0. The van der Waals surface area contributed by atoms with Crippen LogP contribution in [0.3, 0.4) is 0 Å². The molecule has 2 amide bonds. The fourth-order valence-electron chi connectivity index (χ4n) is 3.10. The number of amides is 2. The van der Waals surface area contributed by atoms with Crippen LogP contribution in [0.1, 0.15) is 34.8 Å². The first-order valence-corrected chi connectivity index (χ1v) is 8.50. The highest BCUT2D eigenvalue weighted by molar-refractivity contribution is 5.99. The molecule has 0 aliphatic carbocycles. The number of carboxylic acids is 1. The number of hydrogen-bond acceptors (Lipinski definition) is 3.